The second-order valence-electron chi connectivity index (χ2n) is 4.13. The average molecular weight is 255 g/mol. The van der Waals surface area contributed by atoms with E-state index in [1.807, 2.05) is 18.2 Å². The van der Waals surface area contributed by atoms with Crippen molar-refractivity contribution in [3.63, 3.8) is 0 Å². The van der Waals surface area contributed by atoms with E-state index >= 15 is 0 Å². The number of hydrogen-bond donors (Lipinski definition) is 0. The molecule has 0 aromatic heterocycles. The van der Waals surface area contributed by atoms with Gasteiger partial charge in [-0.2, -0.15) is 0 Å². The second kappa shape index (κ2) is 7.33. The SMILES string of the molecule is CCCOc1cccc(CCCC(C)=O)c1Cl. The van der Waals surface area contributed by atoms with Crippen LogP contribution in [0.1, 0.15) is 38.7 Å². The first-order chi connectivity index (χ1) is 8.15. The Hall–Kier alpha value is -1.02. The van der Waals surface area contributed by atoms with Crippen molar-refractivity contribution in [1.29, 1.82) is 0 Å². The largest absolute Gasteiger partial charge is 0.492 e. The molecule has 3 heteroatoms. The Bertz CT molecular complexity index is 374. The van der Waals surface area contributed by atoms with Crippen LogP contribution in [0.3, 0.4) is 0 Å². The maximum absolute atomic E-state index is 10.9. The predicted octanol–water partition coefficient (Wildman–Crippen LogP) is 4.04. The Labute approximate surface area is 108 Å². The van der Waals surface area contributed by atoms with Crippen molar-refractivity contribution in [3.8, 4) is 5.75 Å². The van der Waals surface area contributed by atoms with E-state index in [4.69, 9.17) is 16.3 Å². The third kappa shape index (κ3) is 4.78. The Balaban J connectivity index is 2.62. The molecule has 0 radical (unpaired) electrons. The summed E-state index contributed by atoms with van der Waals surface area (Å²) in [6.45, 7) is 4.35. The molecule has 1 rings (SSSR count). The van der Waals surface area contributed by atoms with Crippen LogP contribution in [0, 0.1) is 0 Å². The smallest absolute Gasteiger partial charge is 0.138 e. The van der Waals surface area contributed by atoms with Gasteiger partial charge in [0.1, 0.15) is 11.5 Å². The van der Waals surface area contributed by atoms with E-state index in [1.54, 1.807) is 6.92 Å². The molecule has 0 unspecified atom stereocenters. The summed E-state index contributed by atoms with van der Waals surface area (Å²) in [5.74, 6) is 0.966. The number of Topliss-reactive ketones (excluding diaryl/α,β-unsaturated/α-hetero) is 1. The van der Waals surface area contributed by atoms with Gasteiger partial charge in [0.2, 0.25) is 0 Å². The van der Waals surface area contributed by atoms with Crippen molar-refractivity contribution in [1.82, 2.24) is 0 Å². The molecule has 0 heterocycles. The number of carbonyl (C=O) groups excluding carboxylic acids is 1. The fraction of sp³-hybridized carbons (Fsp3) is 0.500. The highest BCUT2D eigenvalue weighted by molar-refractivity contribution is 6.32. The third-order valence-electron chi connectivity index (χ3n) is 2.48. The van der Waals surface area contributed by atoms with Crippen LogP contribution in [-0.4, -0.2) is 12.4 Å². The predicted molar refractivity (Wildman–Crippen MR) is 70.9 cm³/mol. The monoisotopic (exact) mass is 254 g/mol. The van der Waals surface area contributed by atoms with Gasteiger partial charge in [0.25, 0.3) is 0 Å². The molecule has 0 aliphatic heterocycles. The average Bonchev–Trinajstić information content (AvgIpc) is 2.29. The van der Waals surface area contributed by atoms with E-state index < -0.39 is 0 Å². The van der Waals surface area contributed by atoms with Gasteiger partial charge in [0.15, 0.2) is 0 Å². The summed E-state index contributed by atoms with van der Waals surface area (Å²) in [6, 6.07) is 5.81. The summed E-state index contributed by atoms with van der Waals surface area (Å²) in [4.78, 5) is 10.9. The number of hydrogen-bond acceptors (Lipinski definition) is 2. The Morgan fingerprint density at radius 1 is 1.41 bits per heavy atom. The molecular weight excluding hydrogens is 236 g/mol. The lowest BCUT2D eigenvalue weighted by Crippen LogP contribution is -1.98. The zero-order valence-corrected chi connectivity index (χ0v) is 11.2. The number of benzene rings is 1. The maximum Gasteiger partial charge on any atom is 0.138 e. The Kier molecular flexibility index (Phi) is 6.06. The lowest BCUT2D eigenvalue weighted by molar-refractivity contribution is -0.117. The molecule has 94 valence electrons. The van der Waals surface area contributed by atoms with Crippen LogP contribution in [0.4, 0.5) is 0 Å². The fourth-order valence-electron chi connectivity index (χ4n) is 1.60. The highest BCUT2D eigenvalue weighted by Gasteiger charge is 2.07. The number of ether oxygens (including phenoxy) is 1. The van der Waals surface area contributed by atoms with E-state index in [0.29, 0.717) is 18.1 Å². The van der Waals surface area contributed by atoms with Crippen LogP contribution in [0.2, 0.25) is 5.02 Å². The van der Waals surface area contributed by atoms with Crippen molar-refractivity contribution in [2.45, 2.75) is 39.5 Å². The number of carbonyl (C=O) groups is 1. The molecule has 0 fully saturated rings. The fourth-order valence-corrected chi connectivity index (χ4v) is 1.88. The minimum atomic E-state index is 0.222. The summed E-state index contributed by atoms with van der Waals surface area (Å²) in [6.07, 6.45) is 3.23. The first-order valence-electron chi connectivity index (χ1n) is 6.04. The summed E-state index contributed by atoms with van der Waals surface area (Å²) in [5, 5.41) is 0.685. The summed E-state index contributed by atoms with van der Waals surface area (Å²) in [7, 11) is 0. The normalized spacial score (nSPS) is 10.3. The van der Waals surface area contributed by atoms with Gasteiger partial charge in [-0.25, -0.2) is 0 Å². The van der Waals surface area contributed by atoms with Crippen molar-refractivity contribution in [2.24, 2.45) is 0 Å². The molecule has 0 saturated carbocycles. The molecule has 17 heavy (non-hydrogen) atoms. The number of aryl methyl sites for hydroxylation is 1. The van der Waals surface area contributed by atoms with Crippen molar-refractivity contribution in [3.05, 3.63) is 28.8 Å². The van der Waals surface area contributed by atoms with Crippen LogP contribution in [-0.2, 0) is 11.2 Å². The zero-order chi connectivity index (χ0) is 12.7. The molecule has 0 bridgehead atoms. The number of halogens is 1. The van der Waals surface area contributed by atoms with E-state index in [9.17, 15) is 4.79 Å². The summed E-state index contributed by atoms with van der Waals surface area (Å²) < 4.78 is 5.56. The van der Waals surface area contributed by atoms with Gasteiger partial charge in [0.05, 0.1) is 11.6 Å². The molecule has 0 N–H and O–H groups in total. The van der Waals surface area contributed by atoms with Crippen molar-refractivity contribution < 1.29 is 9.53 Å². The zero-order valence-electron chi connectivity index (χ0n) is 10.5. The van der Waals surface area contributed by atoms with Gasteiger partial charge in [-0.15, -0.1) is 0 Å². The van der Waals surface area contributed by atoms with E-state index in [-0.39, 0.29) is 5.78 Å². The molecule has 0 amide bonds. The van der Waals surface area contributed by atoms with Crippen LogP contribution >= 0.6 is 11.6 Å². The molecular formula is C14H19ClO2. The van der Waals surface area contributed by atoms with Crippen LogP contribution < -0.4 is 4.74 Å². The van der Waals surface area contributed by atoms with Gasteiger partial charge in [-0.1, -0.05) is 30.7 Å². The van der Waals surface area contributed by atoms with E-state index in [0.717, 1.165) is 30.6 Å². The van der Waals surface area contributed by atoms with Gasteiger partial charge in [-0.05, 0) is 37.8 Å². The van der Waals surface area contributed by atoms with Crippen LogP contribution in [0.25, 0.3) is 0 Å². The quantitative estimate of drug-likeness (QED) is 0.734. The minimum absolute atomic E-state index is 0.222. The molecule has 1 aromatic carbocycles. The van der Waals surface area contributed by atoms with Crippen LogP contribution in [0.15, 0.2) is 18.2 Å². The van der Waals surface area contributed by atoms with Gasteiger partial charge in [-0.3, -0.25) is 0 Å². The van der Waals surface area contributed by atoms with Gasteiger partial charge >= 0.3 is 0 Å². The molecule has 2 nitrogen and oxygen atoms in total. The van der Waals surface area contributed by atoms with Crippen molar-refractivity contribution >= 4 is 17.4 Å². The van der Waals surface area contributed by atoms with E-state index in [2.05, 4.69) is 6.92 Å². The molecule has 0 spiro atoms. The van der Waals surface area contributed by atoms with Gasteiger partial charge in [0, 0.05) is 6.42 Å². The lowest BCUT2D eigenvalue weighted by atomic mass is 10.1. The highest BCUT2D eigenvalue weighted by atomic mass is 35.5. The first-order valence-corrected chi connectivity index (χ1v) is 6.42. The van der Waals surface area contributed by atoms with Gasteiger partial charge < -0.3 is 9.53 Å². The molecule has 0 saturated heterocycles. The third-order valence-corrected chi connectivity index (χ3v) is 2.91. The number of ketones is 1. The number of rotatable bonds is 7. The summed E-state index contributed by atoms with van der Waals surface area (Å²) >= 11 is 6.25. The second-order valence-corrected chi connectivity index (χ2v) is 4.51. The Morgan fingerprint density at radius 3 is 2.82 bits per heavy atom. The maximum atomic E-state index is 10.9. The molecule has 0 aliphatic rings. The molecule has 1 aromatic rings. The Morgan fingerprint density at radius 2 is 2.18 bits per heavy atom. The molecule has 0 atom stereocenters. The van der Waals surface area contributed by atoms with E-state index in [1.165, 1.54) is 0 Å². The standard InChI is InChI=1S/C14H19ClO2/c1-3-10-17-13-9-5-8-12(14(13)15)7-4-6-11(2)16/h5,8-9H,3-4,6-7,10H2,1-2H3. The molecule has 0 aliphatic carbocycles. The first kappa shape index (κ1) is 14.0. The summed E-state index contributed by atoms with van der Waals surface area (Å²) in [5.41, 5.74) is 1.06. The minimum Gasteiger partial charge on any atom is -0.492 e. The topological polar surface area (TPSA) is 26.3 Å². The lowest BCUT2D eigenvalue weighted by Gasteiger charge is -2.10. The van der Waals surface area contributed by atoms with Crippen LogP contribution in [0.5, 0.6) is 5.75 Å². The highest BCUT2D eigenvalue weighted by Crippen LogP contribution is 2.29. The van der Waals surface area contributed by atoms with Crippen molar-refractivity contribution in [2.75, 3.05) is 6.61 Å².